The van der Waals surface area contributed by atoms with E-state index in [1.807, 2.05) is 24.3 Å². The highest BCUT2D eigenvalue weighted by atomic mass is 79.9. The van der Waals surface area contributed by atoms with Gasteiger partial charge in [-0.25, -0.2) is 9.78 Å². The summed E-state index contributed by atoms with van der Waals surface area (Å²) in [4.78, 5) is 16.4. The summed E-state index contributed by atoms with van der Waals surface area (Å²) in [5, 5.41) is 0. The highest BCUT2D eigenvalue weighted by molar-refractivity contribution is 9.10. The highest BCUT2D eigenvalue weighted by Crippen LogP contribution is 2.43. The number of carbonyl (C=O) groups is 1. The van der Waals surface area contributed by atoms with E-state index in [1.165, 1.54) is 13.3 Å². The van der Waals surface area contributed by atoms with Gasteiger partial charge in [-0.1, -0.05) is 28.1 Å². The number of pyridine rings is 1. The van der Waals surface area contributed by atoms with E-state index in [4.69, 9.17) is 9.47 Å². The number of benzene rings is 1. The Hall–Kier alpha value is -1.88. The van der Waals surface area contributed by atoms with Crippen LogP contribution in [0.1, 0.15) is 34.9 Å². The molecule has 0 amide bonds. The lowest BCUT2D eigenvalue weighted by Crippen LogP contribution is -2.13. The molecule has 1 atom stereocenters. The normalized spacial score (nSPS) is 15.2. The van der Waals surface area contributed by atoms with Crippen molar-refractivity contribution in [1.82, 2.24) is 4.98 Å². The lowest BCUT2D eigenvalue weighted by Gasteiger charge is -2.18. The molecular weight excluding hydrogens is 346 g/mol. The Balaban J connectivity index is 1.75. The quantitative estimate of drug-likeness (QED) is 0.750. The molecule has 5 heteroatoms. The summed E-state index contributed by atoms with van der Waals surface area (Å²) in [7, 11) is 1.54. The van der Waals surface area contributed by atoms with Gasteiger partial charge in [-0.3, -0.25) is 0 Å². The van der Waals surface area contributed by atoms with E-state index in [0.29, 0.717) is 17.4 Å². The van der Waals surface area contributed by atoms with Crippen LogP contribution in [0.5, 0.6) is 5.88 Å². The lowest BCUT2D eigenvalue weighted by atomic mass is 10.1. The van der Waals surface area contributed by atoms with Gasteiger partial charge in [0.05, 0.1) is 12.7 Å². The summed E-state index contributed by atoms with van der Waals surface area (Å²) in [6.45, 7) is 0. The van der Waals surface area contributed by atoms with Gasteiger partial charge in [0, 0.05) is 22.7 Å². The number of nitrogens with zero attached hydrogens (tertiary/aromatic N) is 1. The number of aromatic nitrogens is 1. The molecule has 1 saturated carbocycles. The van der Waals surface area contributed by atoms with Gasteiger partial charge in [0.2, 0.25) is 5.88 Å². The van der Waals surface area contributed by atoms with E-state index >= 15 is 0 Å². The average Bonchev–Trinajstić information content (AvgIpc) is 3.38. The van der Waals surface area contributed by atoms with E-state index in [0.717, 1.165) is 22.9 Å². The number of hydrogen-bond donors (Lipinski definition) is 0. The third-order valence-electron chi connectivity index (χ3n) is 3.66. The molecule has 2 aromatic rings. The summed E-state index contributed by atoms with van der Waals surface area (Å²) in [6, 6.07) is 11.2. The zero-order valence-corrected chi connectivity index (χ0v) is 13.7. The van der Waals surface area contributed by atoms with Gasteiger partial charge >= 0.3 is 5.97 Å². The number of esters is 1. The van der Waals surface area contributed by atoms with Crippen LogP contribution in [0.2, 0.25) is 0 Å². The molecule has 0 aliphatic heterocycles. The molecule has 114 valence electrons. The fourth-order valence-electron chi connectivity index (χ4n) is 2.29. The Bertz CT molecular complexity index is 651. The Kier molecular flexibility index (Phi) is 4.43. The highest BCUT2D eigenvalue weighted by Gasteiger charge is 2.35. The van der Waals surface area contributed by atoms with Crippen molar-refractivity contribution in [2.24, 2.45) is 5.92 Å². The van der Waals surface area contributed by atoms with Gasteiger partial charge in [-0.05, 0) is 36.6 Å². The molecule has 0 spiro atoms. The second kappa shape index (κ2) is 6.48. The van der Waals surface area contributed by atoms with Crippen molar-refractivity contribution in [3.05, 3.63) is 58.2 Å². The van der Waals surface area contributed by atoms with Gasteiger partial charge in [0.15, 0.2) is 0 Å². The van der Waals surface area contributed by atoms with E-state index in [1.54, 1.807) is 12.1 Å². The average molecular weight is 362 g/mol. The number of ether oxygens (including phenoxy) is 2. The SMILES string of the molecule is COc1ccc(C(=O)OC(c2ccc(Br)cc2)C2CC2)cn1. The monoisotopic (exact) mass is 361 g/mol. The van der Waals surface area contributed by atoms with E-state index in [-0.39, 0.29) is 12.1 Å². The van der Waals surface area contributed by atoms with Crippen LogP contribution >= 0.6 is 15.9 Å². The maximum atomic E-state index is 12.3. The molecule has 3 rings (SSSR count). The first-order chi connectivity index (χ1) is 10.7. The molecule has 4 nitrogen and oxygen atoms in total. The van der Waals surface area contributed by atoms with Crippen molar-refractivity contribution >= 4 is 21.9 Å². The summed E-state index contributed by atoms with van der Waals surface area (Å²) < 4.78 is 11.7. The summed E-state index contributed by atoms with van der Waals surface area (Å²) in [5.41, 5.74) is 1.46. The first-order valence-electron chi connectivity index (χ1n) is 7.14. The predicted octanol–water partition coefficient (Wildman–Crippen LogP) is 4.16. The van der Waals surface area contributed by atoms with Crippen LogP contribution in [0.3, 0.4) is 0 Å². The largest absolute Gasteiger partial charge is 0.481 e. The molecule has 1 aromatic heterocycles. The van der Waals surface area contributed by atoms with Crippen LogP contribution in [0.15, 0.2) is 47.1 Å². The molecule has 1 unspecified atom stereocenters. The molecule has 0 bridgehead atoms. The molecule has 1 heterocycles. The van der Waals surface area contributed by atoms with Crippen LogP contribution in [0.25, 0.3) is 0 Å². The second-order valence-corrected chi connectivity index (χ2v) is 6.22. The van der Waals surface area contributed by atoms with E-state index in [2.05, 4.69) is 20.9 Å². The van der Waals surface area contributed by atoms with Gasteiger partial charge in [-0.15, -0.1) is 0 Å². The van der Waals surface area contributed by atoms with Crippen LogP contribution in [-0.4, -0.2) is 18.1 Å². The Labute approximate surface area is 137 Å². The molecule has 1 aliphatic rings. The molecule has 22 heavy (non-hydrogen) atoms. The molecule has 0 saturated heterocycles. The topological polar surface area (TPSA) is 48.4 Å². The number of hydrogen-bond acceptors (Lipinski definition) is 4. The third-order valence-corrected chi connectivity index (χ3v) is 4.19. The summed E-state index contributed by atoms with van der Waals surface area (Å²) >= 11 is 3.42. The van der Waals surface area contributed by atoms with Gasteiger partial charge in [0.1, 0.15) is 6.10 Å². The minimum absolute atomic E-state index is 0.192. The van der Waals surface area contributed by atoms with Crippen molar-refractivity contribution in [2.75, 3.05) is 7.11 Å². The number of rotatable bonds is 5. The van der Waals surface area contributed by atoms with Crippen LogP contribution in [0.4, 0.5) is 0 Å². The molecule has 1 aromatic carbocycles. The number of carbonyl (C=O) groups excluding carboxylic acids is 1. The maximum Gasteiger partial charge on any atom is 0.340 e. The van der Waals surface area contributed by atoms with Gasteiger partial charge in [0.25, 0.3) is 0 Å². The van der Waals surface area contributed by atoms with Crippen molar-refractivity contribution in [3.63, 3.8) is 0 Å². The van der Waals surface area contributed by atoms with Crippen molar-refractivity contribution in [1.29, 1.82) is 0 Å². The van der Waals surface area contributed by atoms with Crippen molar-refractivity contribution in [3.8, 4) is 5.88 Å². The number of halogens is 1. The van der Waals surface area contributed by atoms with E-state index < -0.39 is 0 Å². The van der Waals surface area contributed by atoms with Crippen molar-refractivity contribution < 1.29 is 14.3 Å². The fraction of sp³-hybridized carbons (Fsp3) is 0.294. The molecular formula is C17H16BrNO3. The van der Waals surface area contributed by atoms with Crippen LogP contribution < -0.4 is 4.74 Å². The lowest BCUT2D eigenvalue weighted by molar-refractivity contribution is 0.0241. The Morgan fingerprint density at radius 3 is 2.50 bits per heavy atom. The fourth-order valence-corrected chi connectivity index (χ4v) is 2.56. The minimum Gasteiger partial charge on any atom is -0.481 e. The number of methoxy groups -OCH3 is 1. The first-order valence-corrected chi connectivity index (χ1v) is 7.93. The second-order valence-electron chi connectivity index (χ2n) is 5.30. The standard InChI is InChI=1S/C17H16BrNO3/c1-21-15-9-6-13(10-19-15)17(20)22-16(11-2-3-11)12-4-7-14(18)8-5-12/h4-11,16H,2-3H2,1H3. The minimum atomic E-state index is -0.352. The predicted molar refractivity (Wildman–Crippen MR) is 85.8 cm³/mol. The summed E-state index contributed by atoms with van der Waals surface area (Å²) in [5.74, 6) is 0.537. The Morgan fingerprint density at radius 1 is 1.23 bits per heavy atom. The molecule has 1 fully saturated rings. The third kappa shape index (κ3) is 3.47. The molecule has 1 aliphatic carbocycles. The Morgan fingerprint density at radius 2 is 1.95 bits per heavy atom. The van der Waals surface area contributed by atoms with Crippen molar-refractivity contribution in [2.45, 2.75) is 18.9 Å². The van der Waals surface area contributed by atoms with Crippen LogP contribution in [0, 0.1) is 5.92 Å². The zero-order chi connectivity index (χ0) is 15.5. The first kappa shape index (κ1) is 15.0. The molecule has 0 N–H and O–H groups in total. The summed E-state index contributed by atoms with van der Waals surface area (Å²) in [6.07, 6.45) is 3.47. The van der Waals surface area contributed by atoms with Crippen LogP contribution in [-0.2, 0) is 4.74 Å². The van der Waals surface area contributed by atoms with Gasteiger partial charge < -0.3 is 9.47 Å². The van der Waals surface area contributed by atoms with Gasteiger partial charge in [-0.2, -0.15) is 0 Å². The van der Waals surface area contributed by atoms with E-state index in [9.17, 15) is 4.79 Å². The maximum absolute atomic E-state index is 12.3. The zero-order valence-electron chi connectivity index (χ0n) is 12.2. The molecule has 0 radical (unpaired) electrons. The smallest absolute Gasteiger partial charge is 0.340 e.